The maximum absolute atomic E-state index is 7.15. The molecule has 104 valence electrons. The van der Waals surface area contributed by atoms with Gasteiger partial charge in [0.05, 0.1) is 0 Å². The molecule has 21 heavy (non-hydrogen) atoms. The molecule has 2 N–H and O–H groups in total. The molecule has 0 aliphatic heterocycles. The van der Waals surface area contributed by atoms with Crippen molar-refractivity contribution >= 4 is 10.0 Å². The second-order valence-corrected chi connectivity index (χ2v) is 4.58. The van der Waals surface area contributed by atoms with Gasteiger partial charge in [0, 0.05) is 0 Å². The molecule has 0 saturated carbocycles. The third-order valence-corrected chi connectivity index (χ3v) is 3.10. The number of hydrogen-bond acceptors (Lipinski definition) is 2. The molecule has 3 aromatic carbocycles. The van der Waals surface area contributed by atoms with Gasteiger partial charge in [-0.25, -0.2) is 0 Å². The van der Waals surface area contributed by atoms with Crippen molar-refractivity contribution in [3.05, 3.63) is 84.9 Å². The minimum absolute atomic E-state index is 0.917. The molecule has 0 spiro atoms. The second kappa shape index (κ2) is 8.17. The van der Waals surface area contributed by atoms with Gasteiger partial charge in [-0.2, -0.15) is 0 Å². The maximum Gasteiger partial charge on any atom is 0.427 e. The van der Waals surface area contributed by atoms with E-state index in [-0.39, 0.29) is 0 Å². The van der Waals surface area contributed by atoms with E-state index in [1.54, 1.807) is 0 Å². The van der Waals surface area contributed by atoms with Gasteiger partial charge in [-0.1, -0.05) is 84.9 Å². The smallest absolute Gasteiger partial charge is 0.409 e. The van der Waals surface area contributed by atoms with Crippen molar-refractivity contribution in [2.75, 3.05) is 0 Å². The fraction of sp³-hybridized carbons (Fsp3) is 0. The third kappa shape index (κ3) is 4.13. The van der Waals surface area contributed by atoms with Crippen LogP contribution in [0.2, 0.25) is 0 Å². The first kappa shape index (κ1) is 15.2. The molecule has 0 fully saturated rings. The van der Waals surface area contributed by atoms with Crippen LogP contribution in [0.1, 0.15) is 0 Å². The van der Waals surface area contributed by atoms with Crippen LogP contribution in [0.25, 0.3) is 22.3 Å². The van der Waals surface area contributed by atoms with Crippen LogP contribution in [-0.4, -0.2) is 19.6 Å². The Morgan fingerprint density at radius 1 is 0.476 bits per heavy atom. The summed E-state index contributed by atoms with van der Waals surface area (Å²) in [4.78, 5) is 14.3. The van der Waals surface area contributed by atoms with Gasteiger partial charge >= 0.3 is 10.0 Å². The Bertz CT molecular complexity index is 596. The number of rotatable bonds is 2. The molecule has 2 radical (unpaired) electrons. The summed E-state index contributed by atoms with van der Waals surface area (Å²) in [7, 11) is -0.917. The lowest BCUT2D eigenvalue weighted by molar-refractivity contribution is 0.448. The van der Waals surface area contributed by atoms with Gasteiger partial charge in [0.1, 0.15) is 0 Å². The number of hydrogen-bond donors (Lipinski definition) is 2. The molecule has 0 amide bonds. The molecule has 0 aromatic heterocycles. The average molecular weight is 292 g/mol. The molecule has 3 rings (SSSR count). The Morgan fingerprint density at radius 2 is 0.762 bits per heavy atom. The van der Waals surface area contributed by atoms with E-state index in [1.165, 1.54) is 22.3 Å². The van der Waals surface area contributed by atoms with Crippen LogP contribution in [0.15, 0.2) is 84.9 Å². The molecular weight excluding hydrogens is 276 g/mol. The summed E-state index contributed by atoms with van der Waals surface area (Å²) in [6.07, 6.45) is 0. The third-order valence-electron chi connectivity index (χ3n) is 3.10. The predicted octanol–water partition coefficient (Wildman–Crippen LogP) is 3.53. The zero-order chi connectivity index (χ0) is 14.9. The minimum Gasteiger partial charge on any atom is -0.409 e. The Hall–Kier alpha value is -2.20. The van der Waals surface area contributed by atoms with Crippen LogP contribution in [0.3, 0.4) is 0 Å². The first-order valence-electron chi connectivity index (χ1n) is 6.60. The van der Waals surface area contributed by atoms with Crippen LogP contribution < -0.4 is 0 Å². The number of benzene rings is 3. The molecule has 0 saturated heterocycles. The standard InChI is InChI=1S/C18H14.H2O2Si/c1-3-9-15(10-4-1)17-13-7-8-14-18(17)16-11-5-2-6-12-16;1-3-2/h1-14H;1-2H. The highest BCUT2D eigenvalue weighted by Gasteiger charge is 2.05. The van der Waals surface area contributed by atoms with E-state index in [0.717, 1.165) is 0 Å². The summed E-state index contributed by atoms with van der Waals surface area (Å²) in [6, 6.07) is 29.6. The SMILES string of the molecule is O[Si]O.c1ccc(-c2ccccc2-c2ccccc2)cc1. The fourth-order valence-electron chi connectivity index (χ4n) is 2.22. The summed E-state index contributed by atoms with van der Waals surface area (Å²) in [5, 5.41) is 0. The predicted molar refractivity (Wildman–Crippen MR) is 87.5 cm³/mol. The lowest BCUT2D eigenvalue weighted by atomic mass is 9.95. The monoisotopic (exact) mass is 292 g/mol. The van der Waals surface area contributed by atoms with Gasteiger partial charge < -0.3 is 9.59 Å². The van der Waals surface area contributed by atoms with Gasteiger partial charge in [-0.05, 0) is 22.3 Å². The molecule has 0 aliphatic rings. The molecule has 0 heterocycles. The second-order valence-electron chi connectivity index (χ2n) is 4.38. The summed E-state index contributed by atoms with van der Waals surface area (Å²) in [5.41, 5.74) is 5.09. The zero-order valence-electron chi connectivity index (χ0n) is 11.5. The summed E-state index contributed by atoms with van der Waals surface area (Å²) in [6.45, 7) is 0. The van der Waals surface area contributed by atoms with E-state index < -0.39 is 10.0 Å². The normalized spacial score (nSPS) is 9.62. The van der Waals surface area contributed by atoms with Crippen molar-refractivity contribution in [1.82, 2.24) is 0 Å². The molecule has 0 aliphatic carbocycles. The van der Waals surface area contributed by atoms with Crippen LogP contribution in [0, 0.1) is 0 Å². The quantitative estimate of drug-likeness (QED) is 0.709. The molecule has 3 heteroatoms. The molecular formula is C18H16O2Si. The van der Waals surface area contributed by atoms with Crippen LogP contribution in [-0.2, 0) is 0 Å². The van der Waals surface area contributed by atoms with E-state index in [0.29, 0.717) is 0 Å². The van der Waals surface area contributed by atoms with E-state index in [2.05, 4.69) is 84.9 Å². The van der Waals surface area contributed by atoms with Gasteiger partial charge in [-0.3, -0.25) is 0 Å². The Labute approximate surface area is 127 Å². The van der Waals surface area contributed by atoms with E-state index in [4.69, 9.17) is 9.59 Å². The summed E-state index contributed by atoms with van der Waals surface area (Å²) in [5.74, 6) is 0. The van der Waals surface area contributed by atoms with E-state index in [9.17, 15) is 0 Å². The zero-order valence-corrected chi connectivity index (χ0v) is 12.5. The van der Waals surface area contributed by atoms with Crippen molar-refractivity contribution in [1.29, 1.82) is 0 Å². The molecule has 2 nitrogen and oxygen atoms in total. The molecule has 0 unspecified atom stereocenters. The summed E-state index contributed by atoms with van der Waals surface area (Å²) < 4.78 is 0. The molecule has 0 bridgehead atoms. The highest BCUT2D eigenvalue weighted by molar-refractivity contribution is 6.13. The summed E-state index contributed by atoms with van der Waals surface area (Å²) >= 11 is 0. The maximum atomic E-state index is 7.15. The lowest BCUT2D eigenvalue weighted by Gasteiger charge is -2.09. The van der Waals surface area contributed by atoms with Crippen molar-refractivity contribution < 1.29 is 9.59 Å². The Kier molecular flexibility index (Phi) is 5.91. The molecule has 3 aromatic rings. The Balaban J connectivity index is 0.000000497. The van der Waals surface area contributed by atoms with E-state index >= 15 is 0 Å². The van der Waals surface area contributed by atoms with Crippen molar-refractivity contribution in [3.63, 3.8) is 0 Å². The van der Waals surface area contributed by atoms with Crippen molar-refractivity contribution in [2.24, 2.45) is 0 Å². The average Bonchev–Trinajstić information content (AvgIpc) is 2.57. The fourth-order valence-corrected chi connectivity index (χ4v) is 2.22. The first-order chi connectivity index (χ1) is 10.4. The van der Waals surface area contributed by atoms with Crippen LogP contribution in [0.4, 0.5) is 0 Å². The highest BCUT2D eigenvalue weighted by atomic mass is 28.2. The van der Waals surface area contributed by atoms with Gasteiger partial charge in [0.2, 0.25) is 0 Å². The van der Waals surface area contributed by atoms with Gasteiger partial charge in [0.25, 0.3) is 0 Å². The van der Waals surface area contributed by atoms with Crippen LogP contribution >= 0.6 is 0 Å². The largest absolute Gasteiger partial charge is 0.427 e. The van der Waals surface area contributed by atoms with Crippen LogP contribution in [0.5, 0.6) is 0 Å². The minimum atomic E-state index is -0.917. The van der Waals surface area contributed by atoms with Gasteiger partial charge in [0.15, 0.2) is 0 Å². The first-order valence-corrected chi connectivity index (χ1v) is 7.49. The lowest BCUT2D eigenvalue weighted by Crippen LogP contribution is -1.83. The van der Waals surface area contributed by atoms with Crippen molar-refractivity contribution in [3.8, 4) is 22.3 Å². The highest BCUT2D eigenvalue weighted by Crippen LogP contribution is 2.31. The topological polar surface area (TPSA) is 40.5 Å². The Morgan fingerprint density at radius 3 is 1.10 bits per heavy atom. The van der Waals surface area contributed by atoms with Gasteiger partial charge in [-0.15, -0.1) is 0 Å². The van der Waals surface area contributed by atoms with E-state index in [1.807, 2.05) is 0 Å². The van der Waals surface area contributed by atoms with Crippen molar-refractivity contribution in [2.45, 2.75) is 0 Å². The molecule has 0 atom stereocenters.